The number of aromatic amines is 1. The number of nitrogens with one attached hydrogen (secondary N) is 2. The first-order valence-corrected chi connectivity index (χ1v) is 11.5. The molecule has 1 aromatic carbocycles. The first-order chi connectivity index (χ1) is 14.6. The number of thioether (sulfide) groups is 1. The summed E-state index contributed by atoms with van der Waals surface area (Å²) in [4.78, 5) is 33.0. The fraction of sp³-hybridized carbons (Fsp3) is 0.227. The standard InChI is InChI=1S/C22H21N3O3S2/c1-14(29-13-18(26)23-10-9-15-6-3-2-4-7-15)20-24-21(27)19-16(12-30-22(19)25-20)17-8-5-11-28-17/h2-8,11-12,14H,9-10,13H2,1H3,(H,23,26)(H,24,25,27). The number of fused-ring (bicyclic) bond motifs is 1. The van der Waals surface area contributed by atoms with Crippen molar-refractivity contribution in [1.82, 2.24) is 15.3 Å². The van der Waals surface area contributed by atoms with Crippen molar-refractivity contribution in [1.29, 1.82) is 0 Å². The van der Waals surface area contributed by atoms with Crippen molar-refractivity contribution in [2.24, 2.45) is 0 Å². The van der Waals surface area contributed by atoms with Gasteiger partial charge >= 0.3 is 0 Å². The number of aromatic nitrogens is 2. The first kappa shape index (κ1) is 20.4. The quantitative estimate of drug-likeness (QED) is 0.425. The lowest BCUT2D eigenvalue weighted by Gasteiger charge is -2.11. The summed E-state index contributed by atoms with van der Waals surface area (Å²) in [5.41, 5.74) is 1.75. The van der Waals surface area contributed by atoms with E-state index in [4.69, 9.17) is 4.42 Å². The smallest absolute Gasteiger partial charge is 0.260 e. The van der Waals surface area contributed by atoms with Crippen LogP contribution in [-0.4, -0.2) is 28.2 Å². The van der Waals surface area contributed by atoms with Gasteiger partial charge in [-0.2, -0.15) is 0 Å². The zero-order chi connectivity index (χ0) is 20.9. The fourth-order valence-electron chi connectivity index (χ4n) is 3.09. The van der Waals surface area contributed by atoms with Crippen LogP contribution >= 0.6 is 23.1 Å². The number of H-pyrrole nitrogens is 1. The van der Waals surface area contributed by atoms with Gasteiger partial charge in [0, 0.05) is 17.5 Å². The second-order valence-electron chi connectivity index (χ2n) is 6.80. The number of benzene rings is 1. The number of nitrogens with zero attached hydrogens (tertiary/aromatic N) is 1. The van der Waals surface area contributed by atoms with E-state index in [0.717, 1.165) is 12.0 Å². The molecule has 154 valence electrons. The molecule has 0 saturated heterocycles. The number of carbonyl (C=O) groups is 1. The van der Waals surface area contributed by atoms with Gasteiger partial charge < -0.3 is 14.7 Å². The molecule has 4 rings (SSSR count). The van der Waals surface area contributed by atoms with Crippen LogP contribution in [-0.2, 0) is 11.2 Å². The molecule has 0 bridgehead atoms. The number of hydrogen-bond acceptors (Lipinski definition) is 6. The Labute approximate surface area is 181 Å². The van der Waals surface area contributed by atoms with Crippen molar-refractivity contribution in [2.75, 3.05) is 12.3 Å². The summed E-state index contributed by atoms with van der Waals surface area (Å²) in [6, 6.07) is 13.7. The fourth-order valence-corrected chi connectivity index (χ4v) is 4.80. The largest absolute Gasteiger partial charge is 0.464 e. The van der Waals surface area contributed by atoms with E-state index in [1.807, 2.05) is 48.7 Å². The highest BCUT2D eigenvalue weighted by Crippen LogP contribution is 2.32. The van der Waals surface area contributed by atoms with Crippen LogP contribution in [0.15, 0.2) is 63.3 Å². The van der Waals surface area contributed by atoms with E-state index >= 15 is 0 Å². The molecule has 3 heterocycles. The second-order valence-corrected chi connectivity index (χ2v) is 8.98. The highest BCUT2D eigenvalue weighted by atomic mass is 32.2. The molecule has 0 aliphatic heterocycles. The summed E-state index contributed by atoms with van der Waals surface area (Å²) in [5, 5.41) is 5.24. The maximum absolute atomic E-state index is 12.7. The van der Waals surface area contributed by atoms with Crippen LogP contribution in [0.5, 0.6) is 0 Å². The Morgan fingerprint density at radius 2 is 2.10 bits per heavy atom. The van der Waals surface area contributed by atoms with Gasteiger partial charge in [0.15, 0.2) is 0 Å². The van der Waals surface area contributed by atoms with Crippen LogP contribution < -0.4 is 10.9 Å². The second kappa shape index (κ2) is 9.32. The molecule has 8 heteroatoms. The predicted molar refractivity (Wildman–Crippen MR) is 122 cm³/mol. The molecule has 2 N–H and O–H groups in total. The molecule has 0 aliphatic rings. The van der Waals surface area contributed by atoms with Gasteiger partial charge in [-0.25, -0.2) is 4.98 Å². The van der Waals surface area contributed by atoms with Gasteiger partial charge in [-0.05, 0) is 31.0 Å². The molecule has 0 saturated carbocycles. The molecule has 3 aromatic heterocycles. The normalized spacial score (nSPS) is 12.2. The highest BCUT2D eigenvalue weighted by molar-refractivity contribution is 8.00. The topological polar surface area (TPSA) is 88.0 Å². The van der Waals surface area contributed by atoms with E-state index in [9.17, 15) is 9.59 Å². The molecule has 0 aliphatic carbocycles. The molecular weight excluding hydrogens is 418 g/mol. The van der Waals surface area contributed by atoms with Gasteiger partial charge in [-0.15, -0.1) is 23.1 Å². The summed E-state index contributed by atoms with van der Waals surface area (Å²) in [6.07, 6.45) is 2.38. The molecule has 6 nitrogen and oxygen atoms in total. The lowest BCUT2D eigenvalue weighted by Crippen LogP contribution is -2.27. The van der Waals surface area contributed by atoms with Crippen molar-refractivity contribution in [3.05, 3.63) is 75.8 Å². The zero-order valence-corrected chi connectivity index (χ0v) is 18.0. The Morgan fingerprint density at radius 1 is 1.27 bits per heavy atom. The lowest BCUT2D eigenvalue weighted by molar-refractivity contribution is -0.118. The van der Waals surface area contributed by atoms with Gasteiger partial charge in [-0.1, -0.05) is 30.3 Å². The summed E-state index contributed by atoms with van der Waals surface area (Å²) < 4.78 is 5.42. The third-order valence-electron chi connectivity index (χ3n) is 4.68. The van der Waals surface area contributed by atoms with Crippen LogP contribution in [0.25, 0.3) is 21.5 Å². The molecule has 0 spiro atoms. The molecule has 0 fully saturated rings. The number of amides is 1. The van der Waals surface area contributed by atoms with E-state index in [2.05, 4.69) is 15.3 Å². The van der Waals surface area contributed by atoms with E-state index < -0.39 is 0 Å². The van der Waals surface area contributed by atoms with Crippen molar-refractivity contribution in [3.63, 3.8) is 0 Å². The van der Waals surface area contributed by atoms with Gasteiger partial charge in [0.25, 0.3) is 5.56 Å². The Hall–Kier alpha value is -2.84. The Balaban J connectivity index is 1.36. The van der Waals surface area contributed by atoms with Gasteiger partial charge in [0.1, 0.15) is 16.4 Å². The molecule has 1 atom stereocenters. The summed E-state index contributed by atoms with van der Waals surface area (Å²) in [6.45, 7) is 2.54. The van der Waals surface area contributed by atoms with E-state index in [0.29, 0.717) is 34.1 Å². The van der Waals surface area contributed by atoms with Crippen LogP contribution in [0.1, 0.15) is 23.6 Å². The number of furan rings is 1. The minimum atomic E-state index is -0.192. The number of rotatable bonds is 8. The summed E-state index contributed by atoms with van der Waals surface area (Å²) in [5.74, 6) is 1.50. The third kappa shape index (κ3) is 4.66. The number of thiophene rings is 1. The van der Waals surface area contributed by atoms with Crippen LogP contribution in [0.3, 0.4) is 0 Å². The highest BCUT2D eigenvalue weighted by Gasteiger charge is 2.18. The minimum Gasteiger partial charge on any atom is -0.464 e. The SMILES string of the molecule is CC(SCC(=O)NCCc1ccccc1)c1nc2scc(-c3ccco3)c2c(=O)[nH]1. The predicted octanol–water partition coefficient (Wildman–Crippen LogP) is 4.40. The maximum Gasteiger partial charge on any atom is 0.260 e. The van der Waals surface area contributed by atoms with Crippen LogP contribution in [0.2, 0.25) is 0 Å². The van der Waals surface area contributed by atoms with E-state index in [-0.39, 0.29) is 16.7 Å². The Bertz CT molecular complexity index is 1180. The average Bonchev–Trinajstić information content (AvgIpc) is 3.42. The van der Waals surface area contributed by atoms with Crippen molar-refractivity contribution in [2.45, 2.75) is 18.6 Å². The molecule has 1 unspecified atom stereocenters. The van der Waals surface area contributed by atoms with Crippen LogP contribution in [0.4, 0.5) is 0 Å². The van der Waals surface area contributed by atoms with Crippen molar-refractivity contribution >= 4 is 39.2 Å². The monoisotopic (exact) mass is 439 g/mol. The van der Waals surface area contributed by atoms with Crippen LogP contribution in [0, 0.1) is 0 Å². The zero-order valence-electron chi connectivity index (χ0n) is 16.4. The maximum atomic E-state index is 12.7. The molecule has 4 aromatic rings. The van der Waals surface area contributed by atoms with E-state index in [1.165, 1.54) is 28.7 Å². The van der Waals surface area contributed by atoms with Gasteiger partial charge in [-0.3, -0.25) is 9.59 Å². The Kier molecular flexibility index (Phi) is 6.35. The minimum absolute atomic E-state index is 0.0255. The molecule has 0 radical (unpaired) electrons. The molecular formula is C22H21N3O3S2. The number of carbonyl (C=O) groups excluding carboxylic acids is 1. The molecule has 30 heavy (non-hydrogen) atoms. The van der Waals surface area contributed by atoms with Crippen molar-refractivity contribution < 1.29 is 9.21 Å². The van der Waals surface area contributed by atoms with Gasteiger partial charge in [0.2, 0.25) is 5.91 Å². The van der Waals surface area contributed by atoms with E-state index in [1.54, 1.807) is 12.3 Å². The average molecular weight is 440 g/mol. The summed E-state index contributed by atoms with van der Waals surface area (Å²) in [7, 11) is 0. The van der Waals surface area contributed by atoms with Gasteiger partial charge in [0.05, 0.1) is 22.7 Å². The third-order valence-corrected chi connectivity index (χ3v) is 6.70. The number of hydrogen-bond donors (Lipinski definition) is 2. The lowest BCUT2D eigenvalue weighted by atomic mass is 10.1. The van der Waals surface area contributed by atoms with Crippen molar-refractivity contribution in [3.8, 4) is 11.3 Å². The Morgan fingerprint density at radius 3 is 2.87 bits per heavy atom. The summed E-state index contributed by atoms with van der Waals surface area (Å²) >= 11 is 2.86. The first-order valence-electron chi connectivity index (χ1n) is 9.59. The molecule has 1 amide bonds.